The molecule has 5 heteroatoms. The fourth-order valence-corrected chi connectivity index (χ4v) is 0.731. The molecule has 10 heavy (non-hydrogen) atoms. The van der Waals surface area contributed by atoms with Crippen LogP contribution in [0, 0.1) is 6.61 Å². The second kappa shape index (κ2) is 2.92. The van der Waals surface area contributed by atoms with E-state index in [1.54, 1.807) is 19.6 Å². The molecule has 0 bridgehead atoms. The molecule has 0 N–H and O–H groups in total. The lowest BCUT2D eigenvalue weighted by Crippen LogP contribution is -2.28. The van der Waals surface area contributed by atoms with Crippen LogP contribution in [0.3, 0.4) is 0 Å². The molecule has 0 rings (SSSR count). The third-order valence-electron chi connectivity index (χ3n) is 0.546. The Morgan fingerprint density at radius 2 is 1.60 bits per heavy atom. The normalized spacial score (nSPS) is 13.8. The average molecular weight is 171 g/mol. The summed E-state index contributed by atoms with van der Waals surface area (Å²) in [7, 11) is -2.04. The van der Waals surface area contributed by atoms with Gasteiger partial charge in [0.2, 0.25) is 0 Å². The minimum atomic E-state index is -4.31. The molecule has 61 valence electrons. The summed E-state index contributed by atoms with van der Waals surface area (Å²) in [6.07, 6.45) is -4.31. The van der Waals surface area contributed by atoms with Crippen LogP contribution in [0.25, 0.3) is 0 Å². The zero-order valence-electron chi connectivity index (χ0n) is 6.12. The smallest absolute Gasteiger partial charge is 0.404 e. The van der Waals surface area contributed by atoms with E-state index in [9.17, 15) is 13.2 Å². The summed E-state index contributed by atoms with van der Waals surface area (Å²) < 4.78 is 38.8. The maximum atomic E-state index is 11.4. The van der Waals surface area contributed by atoms with Gasteiger partial charge in [0.15, 0.2) is 14.9 Å². The number of hydrogen-bond acceptors (Lipinski definition) is 1. The van der Waals surface area contributed by atoms with Crippen molar-refractivity contribution >= 4 is 8.32 Å². The van der Waals surface area contributed by atoms with Gasteiger partial charge >= 0.3 is 6.18 Å². The number of alkyl halides is 3. The standard InChI is InChI=1S/C5H10F3OSi/c1-10(2,3)9-4-5(6,7)8/h4H,1-3H3. The molecule has 0 aliphatic rings. The highest BCUT2D eigenvalue weighted by molar-refractivity contribution is 6.69. The van der Waals surface area contributed by atoms with E-state index in [1.165, 1.54) is 0 Å². The second-order valence-corrected chi connectivity index (χ2v) is 7.35. The molecule has 0 spiro atoms. The Kier molecular flexibility index (Phi) is 2.91. The molecule has 1 radical (unpaired) electrons. The van der Waals surface area contributed by atoms with E-state index in [0.29, 0.717) is 0 Å². The minimum absolute atomic E-state index is 0.0424. The fraction of sp³-hybridized carbons (Fsp3) is 0.800. The highest BCUT2D eigenvalue weighted by atomic mass is 28.4. The van der Waals surface area contributed by atoms with Gasteiger partial charge in [-0.3, -0.25) is 0 Å². The van der Waals surface area contributed by atoms with Gasteiger partial charge < -0.3 is 4.43 Å². The van der Waals surface area contributed by atoms with Crippen molar-refractivity contribution in [1.29, 1.82) is 0 Å². The molecule has 0 aromatic rings. The molecular weight excluding hydrogens is 161 g/mol. The van der Waals surface area contributed by atoms with Gasteiger partial charge in [0.1, 0.15) is 0 Å². The van der Waals surface area contributed by atoms with E-state index in [-0.39, 0.29) is 6.61 Å². The van der Waals surface area contributed by atoms with Crippen LogP contribution in [0.15, 0.2) is 0 Å². The lowest BCUT2D eigenvalue weighted by atomic mass is 10.7. The first kappa shape index (κ1) is 9.97. The minimum Gasteiger partial charge on any atom is -0.404 e. The van der Waals surface area contributed by atoms with Crippen molar-refractivity contribution in [3.63, 3.8) is 0 Å². The zero-order valence-corrected chi connectivity index (χ0v) is 7.12. The average Bonchev–Trinajstić information content (AvgIpc) is 1.57. The van der Waals surface area contributed by atoms with Crippen molar-refractivity contribution in [3.05, 3.63) is 6.61 Å². The van der Waals surface area contributed by atoms with Crippen molar-refractivity contribution in [2.75, 3.05) is 0 Å². The van der Waals surface area contributed by atoms with E-state index in [0.717, 1.165) is 0 Å². The quantitative estimate of drug-likeness (QED) is 0.580. The van der Waals surface area contributed by atoms with Crippen molar-refractivity contribution < 1.29 is 17.6 Å². The first-order chi connectivity index (χ1) is 4.21. The predicted molar refractivity (Wildman–Crippen MR) is 34.8 cm³/mol. The molecule has 0 aromatic carbocycles. The highest BCUT2D eigenvalue weighted by Crippen LogP contribution is 2.21. The van der Waals surface area contributed by atoms with Crippen LogP contribution in [-0.2, 0) is 4.43 Å². The lowest BCUT2D eigenvalue weighted by molar-refractivity contribution is -0.123. The van der Waals surface area contributed by atoms with Gasteiger partial charge in [-0.1, -0.05) is 0 Å². The van der Waals surface area contributed by atoms with Gasteiger partial charge in [-0.05, 0) is 19.6 Å². The number of rotatable bonds is 2. The summed E-state index contributed by atoms with van der Waals surface area (Å²) in [5.41, 5.74) is 0. The summed E-state index contributed by atoms with van der Waals surface area (Å²) in [5, 5.41) is 0. The fourth-order valence-electron chi connectivity index (χ4n) is 0.244. The van der Waals surface area contributed by atoms with Gasteiger partial charge in [-0.25, -0.2) is 0 Å². The molecule has 0 amide bonds. The zero-order chi connectivity index (χ0) is 8.41. The Morgan fingerprint density at radius 3 is 1.70 bits per heavy atom. The van der Waals surface area contributed by atoms with E-state index in [4.69, 9.17) is 0 Å². The predicted octanol–water partition coefficient (Wildman–Crippen LogP) is 2.56. The van der Waals surface area contributed by atoms with Crippen LogP contribution in [0.1, 0.15) is 0 Å². The summed E-state index contributed by atoms with van der Waals surface area (Å²) >= 11 is 0. The van der Waals surface area contributed by atoms with Crippen LogP contribution >= 0.6 is 0 Å². The SMILES string of the molecule is C[Si](C)(C)O[CH]C(F)(F)F. The lowest BCUT2D eigenvalue weighted by Gasteiger charge is -2.17. The summed E-state index contributed by atoms with van der Waals surface area (Å²) in [5.74, 6) is 0. The van der Waals surface area contributed by atoms with Crippen molar-refractivity contribution in [1.82, 2.24) is 0 Å². The van der Waals surface area contributed by atoms with Crippen molar-refractivity contribution in [2.45, 2.75) is 25.8 Å². The van der Waals surface area contributed by atoms with Gasteiger partial charge in [0.05, 0.1) is 0 Å². The Morgan fingerprint density at radius 1 is 1.20 bits per heavy atom. The molecule has 0 atom stereocenters. The van der Waals surface area contributed by atoms with Crippen LogP contribution in [-0.4, -0.2) is 14.5 Å². The topological polar surface area (TPSA) is 9.23 Å². The van der Waals surface area contributed by atoms with E-state index in [2.05, 4.69) is 4.43 Å². The monoisotopic (exact) mass is 171 g/mol. The molecule has 0 saturated carbocycles. The molecule has 0 fully saturated rings. The maximum Gasteiger partial charge on any atom is 0.416 e. The van der Waals surface area contributed by atoms with E-state index < -0.39 is 14.5 Å². The van der Waals surface area contributed by atoms with Gasteiger partial charge in [0.25, 0.3) is 0 Å². The second-order valence-electron chi connectivity index (χ2n) is 2.89. The molecule has 0 aliphatic carbocycles. The van der Waals surface area contributed by atoms with Crippen molar-refractivity contribution in [2.24, 2.45) is 0 Å². The van der Waals surface area contributed by atoms with E-state index in [1.807, 2.05) is 0 Å². The van der Waals surface area contributed by atoms with Gasteiger partial charge in [-0.15, -0.1) is 0 Å². The van der Waals surface area contributed by atoms with Crippen LogP contribution < -0.4 is 0 Å². The van der Waals surface area contributed by atoms with Crippen LogP contribution in [0.4, 0.5) is 13.2 Å². The van der Waals surface area contributed by atoms with E-state index >= 15 is 0 Å². The molecular formula is C5H10F3OSi. The summed E-state index contributed by atoms with van der Waals surface area (Å²) in [4.78, 5) is 0. The van der Waals surface area contributed by atoms with Crippen LogP contribution in [0.2, 0.25) is 19.6 Å². The van der Waals surface area contributed by atoms with Crippen LogP contribution in [0.5, 0.6) is 0 Å². The molecule has 0 aromatic heterocycles. The van der Waals surface area contributed by atoms with Crippen molar-refractivity contribution in [3.8, 4) is 0 Å². The Labute approximate surface area is 59.3 Å². The first-order valence-electron chi connectivity index (χ1n) is 2.80. The summed E-state index contributed by atoms with van der Waals surface area (Å²) in [6.45, 7) is 5.03. The maximum absolute atomic E-state index is 11.4. The third kappa shape index (κ3) is 7.97. The molecule has 0 heterocycles. The molecule has 0 unspecified atom stereocenters. The molecule has 1 nitrogen and oxygen atoms in total. The Balaban J connectivity index is 3.56. The van der Waals surface area contributed by atoms with Gasteiger partial charge in [-0.2, -0.15) is 13.2 Å². The first-order valence-corrected chi connectivity index (χ1v) is 6.20. The highest BCUT2D eigenvalue weighted by Gasteiger charge is 2.31. The Bertz CT molecular complexity index is 90.4. The summed E-state index contributed by atoms with van der Waals surface area (Å²) in [6, 6.07) is 0. The molecule has 0 saturated heterocycles. The largest absolute Gasteiger partial charge is 0.416 e. The Hall–Kier alpha value is -0.0331. The van der Waals surface area contributed by atoms with Gasteiger partial charge in [0, 0.05) is 0 Å². The number of hydrogen-bond donors (Lipinski definition) is 0. The molecule has 0 aliphatic heterocycles. The number of halogens is 3. The third-order valence-corrected chi connectivity index (χ3v) is 1.37.